The van der Waals surface area contributed by atoms with Crippen LogP contribution < -0.4 is 10.1 Å². The number of rotatable bonds is 7. The first-order valence-electron chi connectivity index (χ1n) is 9.52. The predicted octanol–water partition coefficient (Wildman–Crippen LogP) is 4.39. The van der Waals surface area contributed by atoms with Gasteiger partial charge in [-0.2, -0.15) is 5.10 Å². The number of aryl methyl sites for hydroxylation is 3. The number of aromatic nitrogens is 2. The van der Waals surface area contributed by atoms with Gasteiger partial charge >= 0.3 is 0 Å². The Bertz CT molecular complexity index is 958. The Balaban J connectivity index is 1.58. The van der Waals surface area contributed by atoms with Gasteiger partial charge < -0.3 is 10.1 Å². The van der Waals surface area contributed by atoms with Crippen LogP contribution in [0.15, 0.2) is 48.5 Å². The van der Waals surface area contributed by atoms with Gasteiger partial charge in [-0.05, 0) is 51.0 Å². The summed E-state index contributed by atoms with van der Waals surface area (Å²) in [6.45, 7) is 6.50. The van der Waals surface area contributed by atoms with Crippen molar-refractivity contribution >= 4 is 5.91 Å². The van der Waals surface area contributed by atoms with Gasteiger partial charge in [0.15, 0.2) is 0 Å². The molecule has 0 radical (unpaired) electrons. The molecule has 0 saturated carbocycles. The van der Waals surface area contributed by atoms with Crippen LogP contribution in [0, 0.1) is 20.8 Å². The first kappa shape index (κ1) is 19.7. The van der Waals surface area contributed by atoms with Crippen LogP contribution in [0.25, 0.3) is 0 Å². The molecule has 5 heteroatoms. The van der Waals surface area contributed by atoms with Crippen molar-refractivity contribution in [2.75, 3.05) is 0 Å². The van der Waals surface area contributed by atoms with E-state index in [0.29, 0.717) is 19.4 Å². The standard InChI is InChI=1S/C23H27N3O2/c1-16-9-11-20(12-10-16)28-22-8-6-5-7-19(22)15-24-23(27)14-13-21-17(2)25-26(4)18(21)3/h5-12H,13-15H2,1-4H3,(H,24,27). The Morgan fingerprint density at radius 3 is 2.46 bits per heavy atom. The second-order valence-corrected chi connectivity index (χ2v) is 7.07. The van der Waals surface area contributed by atoms with Crippen molar-refractivity contribution in [2.24, 2.45) is 7.05 Å². The van der Waals surface area contributed by atoms with Crippen molar-refractivity contribution in [3.8, 4) is 11.5 Å². The molecule has 1 heterocycles. The average molecular weight is 377 g/mol. The van der Waals surface area contributed by atoms with Gasteiger partial charge in [-0.25, -0.2) is 0 Å². The summed E-state index contributed by atoms with van der Waals surface area (Å²) in [7, 11) is 1.93. The van der Waals surface area contributed by atoms with E-state index in [-0.39, 0.29) is 5.91 Å². The van der Waals surface area contributed by atoms with E-state index in [2.05, 4.69) is 10.4 Å². The van der Waals surface area contributed by atoms with E-state index in [1.165, 1.54) is 5.56 Å². The molecular formula is C23H27N3O2. The first-order valence-corrected chi connectivity index (χ1v) is 9.52. The van der Waals surface area contributed by atoms with Crippen LogP contribution >= 0.6 is 0 Å². The molecular weight excluding hydrogens is 350 g/mol. The Morgan fingerprint density at radius 1 is 1.07 bits per heavy atom. The minimum atomic E-state index is 0.0211. The van der Waals surface area contributed by atoms with Crippen LogP contribution in [0.1, 0.15) is 34.5 Å². The maximum atomic E-state index is 12.3. The molecule has 5 nitrogen and oxygen atoms in total. The van der Waals surface area contributed by atoms with Crippen LogP contribution in [-0.2, 0) is 24.8 Å². The van der Waals surface area contributed by atoms with Crippen molar-refractivity contribution in [3.05, 3.63) is 76.6 Å². The van der Waals surface area contributed by atoms with Gasteiger partial charge in [0.2, 0.25) is 5.91 Å². The van der Waals surface area contributed by atoms with Crippen molar-refractivity contribution in [1.29, 1.82) is 0 Å². The van der Waals surface area contributed by atoms with Crippen LogP contribution in [0.5, 0.6) is 11.5 Å². The molecule has 0 aliphatic rings. The third kappa shape index (κ3) is 4.80. The van der Waals surface area contributed by atoms with E-state index in [9.17, 15) is 4.79 Å². The minimum absolute atomic E-state index is 0.0211. The molecule has 0 unspecified atom stereocenters. The highest BCUT2D eigenvalue weighted by molar-refractivity contribution is 5.76. The van der Waals surface area contributed by atoms with Crippen molar-refractivity contribution in [1.82, 2.24) is 15.1 Å². The highest BCUT2D eigenvalue weighted by atomic mass is 16.5. The molecule has 2 aromatic carbocycles. The van der Waals surface area contributed by atoms with Crippen molar-refractivity contribution in [3.63, 3.8) is 0 Å². The molecule has 28 heavy (non-hydrogen) atoms. The SMILES string of the molecule is Cc1ccc(Oc2ccccc2CNC(=O)CCc2c(C)nn(C)c2C)cc1. The lowest BCUT2D eigenvalue weighted by Gasteiger charge is -2.12. The molecule has 3 aromatic rings. The number of amides is 1. The lowest BCUT2D eigenvalue weighted by molar-refractivity contribution is -0.121. The topological polar surface area (TPSA) is 56.1 Å². The second kappa shape index (κ2) is 8.74. The molecule has 1 N–H and O–H groups in total. The monoisotopic (exact) mass is 377 g/mol. The van der Waals surface area contributed by atoms with Gasteiger partial charge in [0.25, 0.3) is 0 Å². The van der Waals surface area contributed by atoms with Crippen molar-refractivity contribution in [2.45, 2.75) is 40.2 Å². The quantitative estimate of drug-likeness (QED) is 0.664. The fourth-order valence-electron chi connectivity index (χ4n) is 3.18. The van der Waals surface area contributed by atoms with Crippen LogP contribution in [0.4, 0.5) is 0 Å². The van der Waals surface area contributed by atoms with Gasteiger partial charge in [0.1, 0.15) is 11.5 Å². The molecule has 1 aromatic heterocycles. The van der Waals surface area contributed by atoms with E-state index in [1.807, 2.05) is 81.0 Å². The highest BCUT2D eigenvalue weighted by Crippen LogP contribution is 2.25. The molecule has 0 spiro atoms. The Morgan fingerprint density at radius 2 is 1.79 bits per heavy atom. The van der Waals surface area contributed by atoms with Crippen LogP contribution in [0.2, 0.25) is 0 Å². The molecule has 0 bridgehead atoms. The number of hydrogen-bond acceptors (Lipinski definition) is 3. The lowest BCUT2D eigenvalue weighted by atomic mass is 10.1. The number of para-hydroxylation sites is 1. The third-order valence-corrected chi connectivity index (χ3v) is 4.96. The van der Waals surface area contributed by atoms with E-state index < -0.39 is 0 Å². The number of benzene rings is 2. The number of carbonyl (C=O) groups is 1. The zero-order valence-electron chi connectivity index (χ0n) is 17.0. The van der Waals surface area contributed by atoms with Gasteiger partial charge in [-0.15, -0.1) is 0 Å². The summed E-state index contributed by atoms with van der Waals surface area (Å²) in [5, 5.41) is 7.41. The van der Waals surface area contributed by atoms with Crippen molar-refractivity contribution < 1.29 is 9.53 Å². The molecule has 0 atom stereocenters. The first-order chi connectivity index (χ1) is 13.4. The average Bonchev–Trinajstić information content (AvgIpc) is 2.92. The summed E-state index contributed by atoms with van der Waals surface area (Å²) >= 11 is 0. The van der Waals surface area contributed by atoms with E-state index in [0.717, 1.165) is 34.0 Å². The third-order valence-electron chi connectivity index (χ3n) is 4.96. The summed E-state index contributed by atoms with van der Waals surface area (Å²) in [6, 6.07) is 15.7. The molecule has 0 aliphatic heterocycles. The summed E-state index contributed by atoms with van der Waals surface area (Å²) in [5.41, 5.74) is 5.39. The predicted molar refractivity (Wildman–Crippen MR) is 111 cm³/mol. The smallest absolute Gasteiger partial charge is 0.220 e. The fourth-order valence-corrected chi connectivity index (χ4v) is 3.18. The Kier molecular flexibility index (Phi) is 6.14. The number of nitrogens with zero attached hydrogens (tertiary/aromatic N) is 2. The number of ether oxygens (including phenoxy) is 1. The van der Waals surface area contributed by atoms with E-state index in [1.54, 1.807) is 0 Å². The summed E-state index contributed by atoms with van der Waals surface area (Å²) in [6.07, 6.45) is 1.13. The summed E-state index contributed by atoms with van der Waals surface area (Å²) < 4.78 is 7.86. The second-order valence-electron chi connectivity index (χ2n) is 7.07. The zero-order valence-corrected chi connectivity index (χ0v) is 17.0. The number of hydrogen-bond donors (Lipinski definition) is 1. The van der Waals surface area contributed by atoms with E-state index >= 15 is 0 Å². The maximum absolute atomic E-state index is 12.3. The normalized spacial score (nSPS) is 10.7. The molecule has 146 valence electrons. The summed E-state index contributed by atoms with van der Waals surface area (Å²) in [4.78, 5) is 12.3. The molecule has 3 rings (SSSR count). The van der Waals surface area contributed by atoms with Gasteiger partial charge in [-0.3, -0.25) is 9.48 Å². The minimum Gasteiger partial charge on any atom is -0.457 e. The number of nitrogens with one attached hydrogen (secondary N) is 1. The fraction of sp³-hybridized carbons (Fsp3) is 0.304. The Labute approximate surface area is 166 Å². The largest absolute Gasteiger partial charge is 0.457 e. The molecule has 1 amide bonds. The zero-order chi connectivity index (χ0) is 20.1. The van der Waals surface area contributed by atoms with Gasteiger partial charge in [0.05, 0.1) is 5.69 Å². The molecule has 0 aliphatic carbocycles. The van der Waals surface area contributed by atoms with E-state index in [4.69, 9.17) is 4.74 Å². The maximum Gasteiger partial charge on any atom is 0.220 e. The highest BCUT2D eigenvalue weighted by Gasteiger charge is 2.12. The molecule has 0 saturated heterocycles. The van der Waals surface area contributed by atoms with Crippen LogP contribution in [0.3, 0.4) is 0 Å². The Hall–Kier alpha value is -3.08. The number of carbonyl (C=O) groups excluding carboxylic acids is 1. The van der Waals surface area contributed by atoms with Crippen LogP contribution in [-0.4, -0.2) is 15.7 Å². The van der Waals surface area contributed by atoms with Gasteiger partial charge in [0, 0.05) is 31.3 Å². The summed E-state index contributed by atoms with van der Waals surface area (Å²) in [5.74, 6) is 1.56. The molecule has 0 fully saturated rings. The lowest BCUT2D eigenvalue weighted by Crippen LogP contribution is -2.23. The van der Waals surface area contributed by atoms with Gasteiger partial charge in [-0.1, -0.05) is 35.9 Å².